The SMILES string of the molecule is CC(=N)NOCCC(NC(C)=O)C(=O)O. The Hall–Kier alpha value is -1.63. The maximum absolute atomic E-state index is 10.6. The molecule has 0 aliphatic heterocycles. The van der Waals surface area contributed by atoms with E-state index in [1.54, 1.807) is 0 Å². The highest BCUT2D eigenvalue weighted by Gasteiger charge is 2.17. The standard InChI is InChI=1S/C8H15N3O4/c1-5(9)11-15-4-3-7(8(13)14)10-6(2)12/h7H,3-4H2,1-2H3,(H2,9,11)(H,10,12)(H,13,14). The second kappa shape index (κ2) is 6.77. The Morgan fingerprint density at radius 2 is 2.07 bits per heavy atom. The first-order valence-electron chi connectivity index (χ1n) is 4.36. The number of amidine groups is 1. The van der Waals surface area contributed by atoms with Crippen LogP contribution in [0.3, 0.4) is 0 Å². The molecule has 1 unspecified atom stereocenters. The average Bonchev–Trinajstić information content (AvgIpc) is 2.08. The fourth-order valence-electron chi connectivity index (χ4n) is 0.839. The third kappa shape index (κ3) is 7.44. The van der Waals surface area contributed by atoms with E-state index in [4.69, 9.17) is 15.4 Å². The number of aliphatic carboxylic acids is 1. The molecule has 0 heterocycles. The van der Waals surface area contributed by atoms with Crippen molar-refractivity contribution in [3.63, 3.8) is 0 Å². The number of nitrogens with one attached hydrogen (secondary N) is 3. The van der Waals surface area contributed by atoms with Crippen LogP contribution in [0.1, 0.15) is 20.3 Å². The lowest BCUT2D eigenvalue weighted by Crippen LogP contribution is -2.40. The van der Waals surface area contributed by atoms with E-state index in [-0.39, 0.29) is 18.9 Å². The predicted octanol–water partition coefficient (Wildman–Crippen LogP) is -0.516. The summed E-state index contributed by atoms with van der Waals surface area (Å²) in [7, 11) is 0. The highest BCUT2D eigenvalue weighted by molar-refractivity contribution is 5.82. The number of carbonyl (C=O) groups is 2. The van der Waals surface area contributed by atoms with Crippen molar-refractivity contribution in [2.24, 2.45) is 0 Å². The third-order valence-electron chi connectivity index (χ3n) is 1.41. The third-order valence-corrected chi connectivity index (χ3v) is 1.41. The molecule has 0 saturated carbocycles. The quantitative estimate of drug-likeness (QED) is 0.207. The van der Waals surface area contributed by atoms with Gasteiger partial charge in [0.05, 0.1) is 6.61 Å². The van der Waals surface area contributed by atoms with Crippen molar-refractivity contribution in [3.05, 3.63) is 0 Å². The van der Waals surface area contributed by atoms with Crippen molar-refractivity contribution in [1.82, 2.24) is 10.8 Å². The molecule has 7 heteroatoms. The molecule has 0 bridgehead atoms. The molecule has 0 aliphatic carbocycles. The summed E-state index contributed by atoms with van der Waals surface area (Å²) in [5.41, 5.74) is 2.27. The molecule has 1 atom stereocenters. The minimum Gasteiger partial charge on any atom is -0.480 e. The fraction of sp³-hybridized carbons (Fsp3) is 0.625. The van der Waals surface area contributed by atoms with Crippen LogP contribution in [0.25, 0.3) is 0 Å². The van der Waals surface area contributed by atoms with E-state index in [0.717, 1.165) is 0 Å². The number of carboxylic acids is 1. The Kier molecular flexibility index (Phi) is 6.03. The summed E-state index contributed by atoms with van der Waals surface area (Å²) in [6.07, 6.45) is 0.134. The smallest absolute Gasteiger partial charge is 0.326 e. The van der Waals surface area contributed by atoms with E-state index in [9.17, 15) is 9.59 Å². The number of hydrogen-bond donors (Lipinski definition) is 4. The summed E-state index contributed by atoms with van der Waals surface area (Å²) in [6.45, 7) is 2.83. The lowest BCUT2D eigenvalue weighted by molar-refractivity contribution is -0.142. The molecule has 7 nitrogen and oxygen atoms in total. The van der Waals surface area contributed by atoms with Crippen molar-refractivity contribution < 1.29 is 19.5 Å². The Morgan fingerprint density at radius 1 is 1.47 bits per heavy atom. The molecule has 1 amide bonds. The minimum absolute atomic E-state index is 0.0907. The molecule has 0 spiro atoms. The van der Waals surface area contributed by atoms with Crippen LogP contribution in [-0.4, -0.2) is 35.5 Å². The van der Waals surface area contributed by atoms with Crippen LogP contribution >= 0.6 is 0 Å². The number of hydroxylamine groups is 1. The minimum atomic E-state index is -1.11. The van der Waals surface area contributed by atoms with Gasteiger partial charge in [-0.1, -0.05) is 0 Å². The summed E-state index contributed by atoms with van der Waals surface area (Å²) in [6, 6.07) is -0.963. The first kappa shape index (κ1) is 13.4. The lowest BCUT2D eigenvalue weighted by atomic mass is 10.2. The molecule has 15 heavy (non-hydrogen) atoms. The van der Waals surface area contributed by atoms with E-state index >= 15 is 0 Å². The van der Waals surface area contributed by atoms with Gasteiger partial charge in [0.25, 0.3) is 0 Å². The molecular formula is C8H15N3O4. The highest BCUT2D eigenvalue weighted by atomic mass is 16.6. The Labute approximate surface area is 87.3 Å². The maximum Gasteiger partial charge on any atom is 0.326 e. The van der Waals surface area contributed by atoms with E-state index < -0.39 is 17.9 Å². The molecular weight excluding hydrogens is 202 g/mol. The number of carboxylic acid groups (broad SMARTS) is 1. The molecule has 0 saturated heterocycles. The maximum atomic E-state index is 10.6. The largest absolute Gasteiger partial charge is 0.480 e. The van der Waals surface area contributed by atoms with Gasteiger partial charge in [0, 0.05) is 13.3 Å². The van der Waals surface area contributed by atoms with Gasteiger partial charge in [-0.25, -0.2) is 4.79 Å². The van der Waals surface area contributed by atoms with Crippen molar-refractivity contribution in [3.8, 4) is 0 Å². The van der Waals surface area contributed by atoms with Gasteiger partial charge in [0.15, 0.2) is 0 Å². The van der Waals surface area contributed by atoms with Crippen LogP contribution < -0.4 is 10.8 Å². The Bertz CT molecular complexity index is 254. The van der Waals surface area contributed by atoms with Gasteiger partial charge in [-0.3, -0.25) is 20.5 Å². The molecule has 0 rings (SSSR count). The van der Waals surface area contributed by atoms with E-state index in [0.29, 0.717) is 0 Å². The van der Waals surface area contributed by atoms with Crippen LogP contribution in [-0.2, 0) is 14.4 Å². The molecule has 0 aromatic rings. The van der Waals surface area contributed by atoms with Crippen molar-refractivity contribution in [1.29, 1.82) is 5.41 Å². The van der Waals surface area contributed by atoms with Gasteiger partial charge < -0.3 is 10.4 Å². The summed E-state index contributed by atoms with van der Waals surface area (Å²) >= 11 is 0. The molecule has 0 radical (unpaired) electrons. The zero-order valence-electron chi connectivity index (χ0n) is 8.66. The van der Waals surface area contributed by atoms with Gasteiger partial charge in [0.2, 0.25) is 5.91 Å². The number of hydrogen-bond acceptors (Lipinski definition) is 4. The Balaban J connectivity index is 3.81. The summed E-state index contributed by atoms with van der Waals surface area (Å²) < 4.78 is 0. The van der Waals surface area contributed by atoms with Crippen LogP contribution in [0.5, 0.6) is 0 Å². The van der Waals surface area contributed by atoms with Crippen molar-refractivity contribution in [2.75, 3.05) is 6.61 Å². The summed E-state index contributed by atoms with van der Waals surface area (Å²) in [5, 5.41) is 17.9. The summed E-state index contributed by atoms with van der Waals surface area (Å²) in [4.78, 5) is 26.0. The molecule has 0 aromatic heterocycles. The average molecular weight is 217 g/mol. The topological polar surface area (TPSA) is 112 Å². The fourth-order valence-corrected chi connectivity index (χ4v) is 0.839. The van der Waals surface area contributed by atoms with Gasteiger partial charge in [-0.15, -0.1) is 0 Å². The molecule has 0 aromatic carbocycles. The molecule has 0 fully saturated rings. The first-order chi connectivity index (χ1) is 6.93. The lowest BCUT2D eigenvalue weighted by Gasteiger charge is -2.13. The second-order valence-electron chi connectivity index (χ2n) is 2.96. The van der Waals surface area contributed by atoms with Gasteiger partial charge >= 0.3 is 5.97 Å². The van der Waals surface area contributed by atoms with Crippen LogP contribution in [0.4, 0.5) is 0 Å². The second-order valence-corrected chi connectivity index (χ2v) is 2.96. The van der Waals surface area contributed by atoms with Crippen LogP contribution in [0.15, 0.2) is 0 Å². The van der Waals surface area contributed by atoms with Crippen LogP contribution in [0, 0.1) is 5.41 Å². The normalized spacial score (nSPS) is 11.6. The molecule has 86 valence electrons. The first-order valence-corrected chi connectivity index (χ1v) is 4.36. The van der Waals surface area contributed by atoms with E-state index in [1.807, 2.05) is 0 Å². The number of amides is 1. The van der Waals surface area contributed by atoms with E-state index in [2.05, 4.69) is 10.8 Å². The molecule has 0 aliphatic rings. The van der Waals surface area contributed by atoms with Gasteiger partial charge in [0.1, 0.15) is 11.9 Å². The van der Waals surface area contributed by atoms with Crippen molar-refractivity contribution >= 4 is 17.7 Å². The van der Waals surface area contributed by atoms with E-state index in [1.165, 1.54) is 13.8 Å². The number of carbonyl (C=O) groups excluding carboxylic acids is 1. The number of rotatable bonds is 6. The highest BCUT2D eigenvalue weighted by Crippen LogP contribution is 1.92. The zero-order valence-corrected chi connectivity index (χ0v) is 8.66. The van der Waals surface area contributed by atoms with Gasteiger partial charge in [-0.05, 0) is 6.92 Å². The summed E-state index contributed by atoms with van der Waals surface area (Å²) in [5.74, 6) is -1.39. The molecule has 4 N–H and O–H groups in total. The Morgan fingerprint density at radius 3 is 2.47 bits per heavy atom. The van der Waals surface area contributed by atoms with Crippen molar-refractivity contribution in [2.45, 2.75) is 26.3 Å². The predicted molar refractivity (Wildman–Crippen MR) is 52.3 cm³/mol. The van der Waals surface area contributed by atoms with Gasteiger partial charge in [-0.2, -0.15) is 0 Å². The zero-order chi connectivity index (χ0) is 11.8. The monoisotopic (exact) mass is 217 g/mol. The van der Waals surface area contributed by atoms with Crippen LogP contribution in [0.2, 0.25) is 0 Å².